The van der Waals surface area contributed by atoms with Crippen LogP contribution in [0.3, 0.4) is 0 Å². The van der Waals surface area contributed by atoms with E-state index in [1.807, 2.05) is 24.3 Å². The van der Waals surface area contributed by atoms with E-state index in [0.29, 0.717) is 17.5 Å². The summed E-state index contributed by atoms with van der Waals surface area (Å²) in [6.45, 7) is 2.15. The van der Waals surface area contributed by atoms with E-state index in [1.54, 1.807) is 0 Å². The Morgan fingerprint density at radius 2 is 1.10 bits per heavy atom. The molecule has 0 saturated heterocycles. The van der Waals surface area contributed by atoms with Crippen molar-refractivity contribution in [3.63, 3.8) is 0 Å². The largest absolute Gasteiger partial charge is 0.296 e. The van der Waals surface area contributed by atoms with Crippen molar-refractivity contribution in [1.29, 1.82) is 0 Å². The first-order valence-electron chi connectivity index (χ1n) is 16.7. The summed E-state index contributed by atoms with van der Waals surface area (Å²) in [5.74, 6) is 3.00. The fraction of sp³-hybridized carbons (Fsp3) is 0.0455. The van der Waals surface area contributed by atoms with E-state index in [0.717, 1.165) is 61.8 Å². The van der Waals surface area contributed by atoms with Crippen LogP contribution in [0.2, 0.25) is 0 Å². The summed E-state index contributed by atoms with van der Waals surface area (Å²) in [7, 11) is 0. The maximum atomic E-state index is 5.23. The molecule has 230 valence electrons. The first kappa shape index (κ1) is 27.6. The van der Waals surface area contributed by atoms with Gasteiger partial charge in [-0.05, 0) is 74.1 Å². The van der Waals surface area contributed by atoms with Crippen LogP contribution in [0.4, 0.5) is 0 Å². The minimum absolute atomic E-state index is 0.649. The van der Waals surface area contributed by atoms with Crippen LogP contribution in [0.15, 0.2) is 146 Å². The highest BCUT2D eigenvalue weighted by Gasteiger charge is 2.24. The third-order valence-electron chi connectivity index (χ3n) is 9.77. The monoisotopic (exact) mass is 627 g/mol. The number of imidazole rings is 1. The summed E-state index contributed by atoms with van der Waals surface area (Å²) in [6, 6.07) is 51.1. The lowest BCUT2D eigenvalue weighted by atomic mass is 9.98. The van der Waals surface area contributed by atoms with Gasteiger partial charge in [0.1, 0.15) is 5.82 Å². The predicted molar refractivity (Wildman–Crippen MR) is 200 cm³/mol. The Kier molecular flexibility index (Phi) is 6.09. The number of fused-ring (bicyclic) bond motifs is 5. The summed E-state index contributed by atoms with van der Waals surface area (Å²) in [5, 5.41) is 4.59. The van der Waals surface area contributed by atoms with Crippen molar-refractivity contribution in [2.45, 2.75) is 13.3 Å². The van der Waals surface area contributed by atoms with E-state index >= 15 is 0 Å². The van der Waals surface area contributed by atoms with Crippen molar-refractivity contribution < 1.29 is 0 Å². The van der Waals surface area contributed by atoms with Crippen LogP contribution in [-0.4, -0.2) is 24.5 Å². The maximum Gasteiger partial charge on any atom is 0.164 e. The van der Waals surface area contributed by atoms with Crippen LogP contribution >= 0.6 is 0 Å². The number of aromatic nitrogens is 5. The van der Waals surface area contributed by atoms with Gasteiger partial charge in [-0.15, -0.1) is 0 Å². The van der Waals surface area contributed by atoms with Crippen LogP contribution in [0.25, 0.3) is 94.7 Å². The number of para-hydroxylation sites is 2. The molecule has 0 radical (unpaired) electrons. The predicted octanol–water partition coefficient (Wildman–Crippen LogP) is 10.7. The molecular weight excluding hydrogens is 599 g/mol. The van der Waals surface area contributed by atoms with Crippen molar-refractivity contribution in [3.8, 4) is 62.1 Å². The highest BCUT2D eigenvalue weighted by molar-refractivity contribution is 6.18. The first-order chi connectivity index (χ1) is 24.2. The second kappa shape index (κ2) is 10.8. The van der Waals surface area contributed by atoms with E-state index in [9.17, 15) is 0 Å². The molecule has 0 N–H and O–H groups in total. The van der Waals surface area contributed by atoms with Gasteiger partial charge < -0.3 is 0 Å². The smallest absolute Gasteiger partial charge is 0.164 e. The Morgan fingerprint density at radius 3 is 1.92 bits per heavy atom. The van der Waals surface area contributed by atoms with Gasteiger partial charge in [0.2, 0.25) is 0 Å². The average Bonchev–Trinajstić information content (AvgIpc) is 3.71. The minimum atomic E-state index is 0.649. The molecule has 9 aromatic rings. The Labute approximate surface area is 283 Å². The Hall–Kier alpha value is -6.46. The summed E-state index contributed by atoms with van der Waals surface area (Å²) in [4.78, 5) is 20.4. The highest BCUT2D eigenvalue weighted by atomic mass is 15.1. The second-order valence-electron chi connectivity index (χ2n) is 12.5. The van der Waals surface area contributed by atoms with Gasteiger partial charge in [-0.2, -0.15) is 0 Å². The van der Waals surface area contributed by atoms with Gasteiger partial charge in [0.15, 0.2) is 17.5 Å². The average molecular weight is 628 g/mol. The molecule has 0 aliphatic heterocycles. The summed E-state index contributed by atoms with van der Waals surface area (Å²) >= 11 is 0. The fourth-order valence-electron chi connectivity index (χ4n) is 7.54. The molecule has 10 rings (SSSR count). The van der Waals surface area contributed by atoms with Gasteiger partial charge in [-0.25, -0.2) is 19.9 Å². The van der Waals surface area contributed by atoms with Crippen molar-refractivity contribution in [2.75, 3.05) is 0 Å². The standard InChI is InChI=1S/C44H29N5/c1-2-40-45-38-20-8-9-21-39(38)49(40)29-22-23-30-28(26-29)14-10-19-36(30)43-46-42(27-12-4-3-5-13-27)47-44(48-43)37-25-24-35-32-16-7-6-15-31(32)33-17-11-18-34(37)41(33)35/h3-26H,2H2,1H3. The lowest BCUT2D eigenvalue weighted by molar-refractivity contribution is 0.909. The summed E-state index contributed by atoms with van der Waals surface area (Å²) in [5.41, 5.74) is 11.2. The molecule has 7 aromatic carbocycles. The lowest BCUT2D eigenvalue weighted by Gasteiger charge is -2.14. The maximum absolute atomic E-state index is 5.23. The molecule has 0 unspecified atom stereocenters. The number of nitrogens with zero attached hydrogens (tertiary/aromatic N) is 5. The molecule has 0 fully saturated rings. The molecule has 5 nitrogen and oxygen atoms in total. The molecule has 1 aliphatic rings. The molecule has 1 aliphatic carbocycles. The second-order valence-corrected chi connectivity index (χ2v) is 12.5. The van der Waals surface area contributed by atoms with Gasteiger partial charge in [0.25, 0.3) is 0 Å². The van der Waals surface area contributed by atoms with E-state index in [4.69, 9.17) is 19.9 Å². The van der Waals surface area contributed by atoms with Gasteiger partial charge in [0, 0.05) is 28.8 Å². The topological polar surface area (TPSA) is 56.5 Å². The number of rotatable bonds is 5. The number of aryl methyl sites for hydroxylation is 1. The minimum Gasteiger partial charge on any atom is -0.296 e. The lowest BCUT2D eigenvalue weighted by Crippen LogP contribution is -2.02. The van der Waals surface area contributed by atoms with Crippen molar-refractivity contribution in [2.24, 2.45) is 0 Å². The van der Waals surface area contributed by atoms with E-state index in [-0.39, 0.29) is 0 Å². The molecule has 49 heavy (non-hydrogen) atoms. The van der Waals surface area contributed by atoms with Gasteiger partial charge >= 0.3 is 0 Å². The zero-order chi connectivity index (χ0) is 32.5. The molecule has 0 bridgehead atoms. The highest BCUT2D eigenvalue weighted by Crippen LogP contribution is 2.49. The van der Waals surface area contributed by atoms with Gasteiger partial charge in [-0.1, -0.05) is 122 Å². The SMILES string of the molecule is CCc1nc2ccccc2n1-c1ccc2c(-c3nc(-c4ccccc4)nc(-c4ccc5c6c(cccc46)-c4ccccc4-5)n3)cccc2c1. The van der Waals surface area contributed by atoms with Crippen molar-refractivity contribution in [3.05, 3.63) is 151 Å². The third kappa shape index (κ3) is 4.26. The number of hydrogen-bond donors (Lipinski definition) is 0. The van der Waals surface area contributed by atoms with Crippen LogP contribution in [0.5, 0.6) is 0 Å². The number of hydrogen-bond acceptors (Lipinski definition) is 4. The van der Waals surface area contributed by atoms with Gasteiger partial charge in [-0.3, -0.25) is 4.57 Å². The first-order valence-corrected chi connectivity index (χ1v) is 16.7. The van der Waals surface area contributed by atoms with Crippen LogP contribution in [0, 0.1) is 0 Å². The normalized spacial score (nSPS) is 11.9. The third-order valence-corrected chi connectivity index (χ3v) is 9.77. The molecule has 0 spiro atoms. The van der Waals surface area contributed by atoms with Crippen LogP contribution < -0.4 is 0 Å². The Morgan fingerprint density at radius 1 is 0.469 bits per heavy atom. The van der Waals surface area contributed by atoms with E-state index < -0.39 is 0 Å². The fourth-order valence-corrected chi connectivity index (χ4v) is 7.54. The molecule has 2 heterocycles. The van der Waals surface area contributed by atoms with Crippen molar-refractivity contribution >= 4 is 32.6 Å². The molecule has 2 aromatic heterocycles. The summed E-state index contributed by atoms with van der Waals surface area (Å²) in [6.07, 6.45) is 0.839. The molecule has 5 heteroatoms. The quantitative estimate of drug-likeness (QED) is 0.191. The van der Waals surface area contributed by atoms with Crippen LogP contribution in [0.1, 0.15) is 12.7 Å². The Balaban J connectivity index is 1.17. The van der Waals surface area contributed by atoms with E-state index in [2.05, 4.69) is 133 Å². The zero-order valence-corrected chi connectivity index (χ0v) is 26.8. The number of benzene rings is 7. The molecule has 0 atom stereocenters. The molecule has 0 amide bonds. The Bertz CT molecular complexity index is 2730. The van der Waals surface area contributed by atoms with Gasteiger partial charge in [0.05, 0.1) is 11.0 Å². The van der Waals surface area contributed by atoms with Crippen molar-refractivity contribution in [1.82, 2.24) is 24.5 Å². The zero-order valence-electron chi connectivity index (χ0n) is 26.8. The van der Waals surface area contributed by atoms with Crippen LogP contribution in [-0.2, 0) is 6.42 Å². The van der Waals surface area contributed by atoms with E-state index in [1.165, 1.54) is 27.6 Å². The summed E-state index contributed by atoms with van der Waals surface area (Å²) < 4.78 is 2.27. The molecular formula is C44H29N5. The molecule has 0 saturated carbocycles.